The Hall–Kier alpha value is -0.550. The van der Waals surface area contributed by atoms with Gasteiger partial charge in [0.2, 0.25) is 0 Å². The van der Waals surface area contributed by atoms with Gasteiger partial charge in [0.1, 0.15) is 0 Å². The standard InChI is InChI=1S/C10H7BrClF3O/c11-5-4-8(16)9-6(10(13,14)15)2-1-3-7(9)12/h1-3H,4-5H2. The van der Waals surface area contributed by atoms with Gasteiger partial charge in [0.15, 0.2) is 5.78 Å². The maximum Gasteiger partial charge on any atom is 0.417 e. The van der Waals surface area contributed by atoms with Crippen LogP contribution >= 0.6 is 27.5 Å². The third kappa shape index (κ3) is 2.98. The maximum atomic E-state index is 12.6. The van der Waals surface area contributed by atoms with Crippen molar-refractivity contribution in [1.82, 2.24) is 0 Å². The molecule has 0 aromatic heterocycles. The van der Waals surface area contributed by atoms with Gasteiger partial charge in [-0.2, -0.15) is 13.2 Å². The number of alkyl halides is 4. The van der Waals surface area contributed by atoms with Crippen molar-refractivity contribution in [2.24, 2.45) is 0 Å². The van der Waals surface area contributed by atoms with Crippen molar-refractivity contribution < 1.29 is 18.0 Å². The van der Waals surface area contributed by atoms with E-state index < -0.39 is 23.1 Å². The highest BCUT2D eigenvalue weighted by Gasteiger charge is 2.35. The molecule has 0 aliphatic carbocycles. The van der Waals surface area contributed by atoms with Gasteiger partial charge in [0.05, 0.1) is 10.6 Å². The van der Waals surface area contributed by atoms with Crippen molar-refractivity contribution in [2.75, 3.05) is 5.33 Å². The number of carbonyl (C=O) groups excluding carboxylic acids is 1. The normalized spacial score (nSPS) is 11.6. The topological polar surface area (TPSA) is 17.1 Å². The first-order valence-corrected chi connectivity index (χ1v) is 5.82. The first-order valence-electron chi connectivity index (χ1n) is 4.32. The molecule has 0 aliphatic heterocycles. The zero-order chi connectivity index (χ0) is 12.3. The van der Waals surface area contributed by atoms with Gasteiger partial charge in [-0.15, -0.1) is 0 Å². The van der Waals surface area contributed by atoms with Crippen LogP contribution in [0.25, 0.3) is 0 Å². The van der Waals surface area contributed by atoms with Crippen LogP contribution < -0.4 is 0 Å². The molecule has 0 saturated carbocycles. The van der Waals surface area contributed by atoms with E-state index >= 15 is 0 Å². The molecule has 1 aromatic carbocycles. The Morgan fingerprint density at radius 3 is 2.50 bits per heavy atom. The molecule has 0 atom stereocenters. The number of benzene rings is 1. The van der Waals surface area contributed by atoms with Gasteiger partial charge in [0, 0.05) is 17.3 Å². The van der Waals surface area contributed by atoms with Gasteiger partial charge < -0.3 is 0 Å². The Labute approximate surface area is 104 Å². The van der Waals surface area contributed by atoms with Crippen molar-refractivity contribution in [1.29, 1.82) is 0 Å². The average molecular weight is 316 g/mol. The Kier molecular flexibility index (Phi) is 4.38. The van der Waals surface area contributed by atoms with Crippen molar-refractivity contribution in [3.05, 3.63) is 34.3 Å². The van der Waals surface area contributed by atoms with Gasteiger partial charge >= 0.3 is 6.18 Å². The summed E-state index contributed by atoms with van der Waals surface area (Å²) in [5.41, 5.74) is -1.43. The second kappa shape index (κ2) is 5.19. The molecule has 0 radical (unpaired) electrons. The van der Waals surface area contributed by atoms with Crippen LogP contribution in [0.2, 0.25) is 5.02 Å². The van der Waals surface area contributed by atoms with Gasteiger partial charge in [0.25, 0.3) is 0 Å². The molecule has 0 fully saturated rings. The molecule has 0 unspecified atom stereocenters. The molecule has 6 heteroatoms. The average Bonchev–Trinajstić information content (AvgIpc) is 2.16. The van der Waals surface area contributed by atoms with E-state index in [2.05, 4.69) is 15.9 Å². The second-order valence-corrected chi connectivity index (χ2v) is 4.22. The lowest BCUT2D eigenvalue weighted by Gasteiger charge is -2.12. The Bertz CT molecular complexity index is 404. The minimum atomic E-state index is -4.57. The lowest BCUT2D eigenvalue weighted by atomic mass is 10.0. The number of Topliss-reactive ketones (excluding diaryl/α,β-unsaturated/α-hetero) is 1. The minimum Gasteiger partial charge on any atom is -0.294 e. The molecular formula is C10H7BrClF3O. The van der Waals surface area contributed by atoms with E-state index in [1.807, 2.05) is 0 Å². The third-order valence-corrected chi connectivity index (χ3v) is 2.63. The number of halogens is 5. The van der Waals surface area contributed by atoms with Crippen LogP contribution in [0.1, 0.15) is 22.3 Å². The lowest BCUT2D eigenvalue weighted by molar-refractivity contribution is -0.137. The summed E-state index contributed by atoms with van der Waals surface area (Å²) < 4.78 is 37.8. The largest absolute Gasteiger partial charge is 0.417 e. The Morgan fingerprint density at radius 2 is 2.00 bits per heavy atom. The monoisotopic (exact) mass is 314 g/mol. The summed E-state index contributed by atoms with van der Waals surface area (Å²) >= 11 is 8.63. The van der Waals surface area contributed by atoms with E-state index in [0.717, 1.165) is 6.07 Å². The van der Waals surface area contributed by atoms with E-state index in [4.69, 9.17) is 11.6 Å². The van der Waals surface area contributed by atoms with E-state index in [1.54, 1.807) is 0 Å². The van der Waals surface area contributed by atoms with Crippen molar-refractivity contribution in [3.8, 4) is 0 Å². The molecule has 1 aromatic rings. The summed E-state index contributed by atoms with van der Waals surface area (Å²) in [6.45, 7) is 0. The zero-order valence-electron chi connectivity index (χ0n) is 7.94. The van der Waals surface area contributed by atoms with Crippen molar-refractivity contribution >= 4 is 33.3 Å². The van der Waals surface area contributed by atoms with Crippen molar-refractivity contribution in [2.45, 2.75) is 12.6 Å². The van der Waals surface area contributed by atoms with Gasteiger partial charge in [-0.25, -0.2) is 0 Å². The van der Waals surface area contributed by atoms with E-state index in [9.17, 15) is 18.0 Å². The number of carbonyl (C=O) groups is 1. The highest BCUT2D eigenvalue weighted by atomic mass is 79.9. The van der Waals surface area contributed by atoms with Crippen molar-refractivity contribution in [3.63, 3.8) is 0 Å². The SMILES string of the molecule is O=C(CCBr)c1c(Cl)cccc1C(F)(F)F. The molecule has 0 amide bonds. The van der Waals surface area contributed by atoms with Crippen LogP contribution in [0, 0.1) is 0 Å². The Balaban J connectivity index is 3.30. The van der Waals surface area contributed by atoms with Crippen LogP contribution in [-0.4, -0.2) is 11.1 Å². The molecule has 16 heavy (non-hydrogen) atoms. The van der Waals surface area contributed by atoms with Gasteiger partial charge in [-0.3, -0.25) is 4.79 Å². The number of hydrogen-bond acceptors (Lipinski definition) is 1. The molecule has 0 N–H and O–H groups in total. The highest BCUT2D eigenvalue weighted by molar-refractivity contribution is 9.09. The van der Waals surface area contributed by atoms with Crippen LogP contribution in [0.5, 0.6) is 0 Å². The maximum absolute atomic E-state index is 12.6. The van der Waals surface area contributed by atoms with Gasteiger partial charge in [-0.1, -0.05) is 33.6 Å². The molecule has 1 rings (SSSR count). The molecule has 0 heterocycles. The molecule has 0 bridgehead atoms. The number of hydrogen-bond donors (Lipinski definition) is 0. The zero-order valence-corrected chi connectivity index (χ0v) is 10.3. The fourth-order valence-corrected chi connectivity index (χ4v) is 1.89. The first kappa shape index (κ1) is 13.5. The highest BCUT2D eigenvalue weighted by Crippen LogP contribution is 2.35. The fourth-order valence-electron chi connectivity index (χ4n) is 1.25. The molecule has 88 valence electrons. The molecule has 0 aliphatic rings. The second-order valence-electron chi connectivity index (χ2n) is 3.02. The number of rotatable bonds is 3. The molecule has 0 spiro atoms. The van der Waals surface area contributed by atoms with E-state index in [-0.39, 0.29) is 11.4 Å². The van der Waals surface area contributed by atoms with Gasteiger partial charge in [-0.05, 0) is 12.1 Å². The summed E-state index contributed by atoms with van der Waals surface area (Å²) in [5.74, 6) is -0.616. The smallest absolute Gasteiger partial charge is 0.294 e. The Morgan fingerprint density at radius 1 is 1.38 bits per heavy atom. The number of ketones is 1. The summed E-state index contributed by atoms with van der Waals surface area (Å²) in [4.78, 5) is 11.5. The van der Waals surface area contributed by atoms with Crippen LogP contribution in [-0.2, 0) is 6.18 Å². The quantitative estimate of drug-likeness (QED) is 0.599. The summed E-state index contributed by atoms with van der Waals surface area (Å²) in [6, 6.07) is 3.31. The summed E-state index contributed by atoms with van der Waals surface area (Å²) in [7, 11) is 0. The summed E-state index contributed by atoms with van der Waals surface area (Å²) in [6.07, 6.45) is -4.59. The predicted octanol–water partition coefficient (Wildman–Crippen LogP) is 4.33. The molecule has 1 nitrogen and oxygen atoms in total. The fraction of sp³-hybridized carbons (Fsp3) is 0.300. The van der Waals surface area contributed by atoms with Crippen LogP contribution in [0.3, 0.4) is 0 Å². The van der Waals surface area contributed by atoms with E-state index in [1.165, 1.54) is 12.1 Å². The molecular weight excluding hydrogens is 308 g/mol. The van der Waals surface area contributed by atoms with E-state index in [0.29, 0.717) is 5.33 Å². The van der Waals surface area contributed by atoms with Crippen LogP contribution in [0.15, 0.2) is 18.2 Å². The minimum absolute atomic E-state index is 0.0210. The summed E-state index contributed by atoms with van der Waals surface area (Å²) in [5, 5.41) is 0.134. The first-order chi connectivity index (χ1) is 7.38. The third-order valence-electron chi connectivity index (χ3n) is 1.92. The van der Waals surface area contributed by atoms with Crippen LogP contribution in [0.4, 0.5) is 13.2 Å². The predicted molar refractivity (Wildman–Crippen MR) is 59.2 cm³/mol. The lowest BCUT2D eigenvalue weighted by Crippen LogP contribution is -2.14. The molecule has 0 saturated heterocycles.